The number of benzene rings is 1. The van der Waals surface area contributed by atoms with Crippen molar-refractivity contribution in [3.63, 3.8) is 0 Å². The van der Waals surface area contributed by atoms with Crippen LogP contribution in [0.1, 0.15) is 34.1 Å². The zero-order chi connectivity index (χ0) is 19.8. The molecule has 0 aliphatic carbocycles. The van der Waals surface area contributed by atoms with Crippen molar-refractivity contribution < 1.29 is 14.3 Å². The van der Waals surface area contributed by atoms with Crippen molar-refractivity contribution in [3.8, 4) is 0 Å². The number of thioether (sulfide) groups is 1. The molecule has 2 unspecified atom stereocenters. The van der Waals surface area contributed by atoms with Crippen molar-refractivity contribution in [1.82, 2.24) is 5.32 Å². The van der Waals surface area contributed by atoms with E-state index in [9.17, 15) is 9.59 Å². The van der Waals surface area contributed by atoms with Crippen LogP contribution >= 0.6 is 11.8 Å². The second kappa shape index (κ2) is 10.6. The van der Waals surface area contributed by atoms with Gasteiger partial charge in [0.2, 0.25) is 11.8 Å². The maximum Gasteiger partial charge on any atom is 0.234 e. The van der Waals surface area contributed by atoms with Gasteiger partial charge in [-0.1, -0.05) is 0 Å². The maximum absolute atomic E-state index is 12.0. The molecule has 0 spiro atoms. The molecule has 0 aromatic heterocycles. The molecule has 27 heavy (non-hydrogen) atoms. The molecule has 2 atom stereocenters. The molecule has 2 N–H and O–H groups in total. The lowest BCUT2D eigenvalue weighted by Gasteiger charge is -2.36. The number of hydrogen-bond acceptors (Lipinski definition) is 5. The van der Waals surface area contributed by atoms with Crippen LogP contribution in [0, 0.1) is 0 Å². The average Bonchev–Trinajstić information content (AvgIpc) is 2.58. The van der Waals surface area contributed by atoms with Gasteiger partial charge in [-0.25, -0.2) is 0 Å². The molecule has 1 aliphatic heterocycles. The molecular formula is C20H31N3O3S. The summed E-state index contributed by atoms with van der Waals surface area (Å²) >= 11 is 1.47. The van der Waals surface area contributed by atoms with Gasteiger partial charge in [-0.2, -0.15) is 11.8 Å². The Kier molecular flexibility index (Phi) is 8.44. The highest BCUT2D eigenvalue weighted by atomic mass is 32.2. The molecule has 1 heterocycles. The van der Waals surface area contributed by atoms with Gasteiger partial charge in [0.15, 0.2) is 0 Å². The summed E-state index contributed by atoms with van der Waals surface area (Å²) in [6.45, 7) is 9.78. The Bertz CT molecular complexity index is 611. The highest BCUT2D eigenvalue weighted by Gasteiger charge is 2.22. The molecule has 0 saturated carbocycles. The van der Waals surface area contributed by atoms with Crippen LogP contribution in [0.5, 0.6) is 0 Å². The molecule has 150 valence electrons. The van der Waals surface area contributed by atoms with E-state index in [-0.39, 0.29) is 30.1 Å². The highest BCUT2D eigenvalue weighted by Crippen LogP contribution is 2.22. The Morgan fingerprint density at radius 2 is 1.78 bits per heavy atom. The molecule has 2 amide bonds. The quantitative estimate of drug-likeness (QED) is 0.665. The third-order valence-corrected chi connectivity index (χ3v) is 5.05. The van der Waals surface area contributed by atoms with Gasteiger partial charge in [0.05, 0.1) is 18.0 Å². The largest absolute Gasteiger partial charge is 0.372 e. The zero-order valence-corrected chi connectivity index (χ0v) is 17.5. The number of morpholine rings is 1. The molecule has 2 rings (SSSR count). The van der Waals surface area contributed by atoms with Gasteiger partial charge in [-0.15, -0.1) is 0 Å². The first kappa shape index (κ1) is 21.6. The summed E-state index contributed by atoms with van der Waals surface area (Å²) < 4.78 is 5.77. The summed E-state index contributed by atoms with van der Waals surface area (Å²) in [5, 5.41) is 5.75. The Morgan fingerprint density at radius 1 is 1.15 bits per heavy atom. The molecule has 0 radical (unpaired) electrons. The first-order valence-corrected chi connectivity index (χ1v) is 10.7. The maximum atomic E-state index is 12.0. The van der Waals surface area contributed by atoms with Crippen molar-refractivity contribution in [2.75, 3.05) is 34.8 Å². The first-order chi connectivity index (χ1) is 12.8. The number of nitrogens with one attached hydrogen (secondary N) is 2. The Labute approximate surface area is 166 Å². The molecule has 1 aromatic rings. The van der Waals surface area contributed by atoms with E-state index < -0.39 is 0 Å². The molecular weight excluding hydrogens is 362 g/mol. The van der Waals surface area contributed by atoms with Crippen LogP contribution in [0.2, 0.25) is 0 Å². The smallest absolute Gasteiger partial charge is 0.234 e. The van der Waals surface area contributed by atoms with Crippen molar-refractivity contribution in [2.45, 2.75) is 52.4 Å². The predicted molar refractivity (Wildman–Crippen MR) is 113 cm³/mol. The summed E-state index contributed by atoms with van der Waals surface area (Å²) in [5.74, 6) is 0.957. The normalized spacial score (nSPS) is 19.8. The number of anilines is 2. The number of carbonyl (C=O) groups excluding carboxylic acids is 2. The molecule has 6 nitrogen and oxygen atoms in total. The lowest BCUT2D eigenvalue weighted by atomic mass is 10.2. The van der Waals surface area contributed by atoms with Gasteiger partial charge >= 0.3 is 0 Å². The number of rotatable bonds is 8. The average molecular weight is 394 g/mol. The van der Waals surface area contributed by atoms with E-state index in [1.165, 1.54) is 11.8 Å². The number of nitrogens with zero attached hydrogens (tertiary/aromatic N) is 1. The molecule has 0 bridgehead atoms. The molecule has 1 saturated heterocycles. The summed E-state index contributed by atoms with van der Waals surface area (Å²) in [7, 11) is 0. The van der Waals surface area contributed by atoms with E-state index in [0.29, 0.717) is 17.9 Å². The van der Waals surface area contributed by atoms with Crippen LogP contribution in [-0.2, 0) is 14.3 Å². The summed E-state index contributed by atoms with van der Waals surface area (Å²) in [4.78, 5) is 25.9. The zero-order valence-electron chi connectivity index (χ0n) is 16.7. The molecule has 1 aromatic carbocycles. The van der Waals surface area contributed by atoms with Gasteiger partial charge in [0.1, 0.15) is 0 Å². The Hall–Kier alpha value is -1.73. The van der Waals surface area contributed by atoms with Gasteiger partial charge in [0.25, 0.3) is 0 Å². The van der Waals surface area contributed by atoms with E-state index in [2.05, 4.69) is 29.4 Å². The van der Waals surface area contributed by atoms with Crippen LogP contribution in [0.4, 0.5) is 11.4 Å². The van der Waals surface area contributed by atoms with Crippen LogP contribution < -0.4 is 15.5 Å². The second-order valence-electron chi connectivity index (χ2n) is 7.28. The fraction of sp³-hybridized carbons (Fsp3) is 0.600. The number of hydrogen-bond donors (Lipinski definition) is 2. The van der Waals surface area contributed by atoms with Gasteiger partial charge in [-0.3, -0.25) is 9.59 Å². The standard InChI is InChI=1S/C20H31N3O3S/c1-14(2)21-19(24)9-10-27-13-20(25)22-17-5-7-18(8-6-17)23-11-15(3)26-16(4)12-23/h5-8,14-16H,9-13H2,1-4H3,(H,21,24)(H,22,25). The SMILES string of the molecule is CC(C)NC(=O)CCSCC(=O)Nc1ccc(N2CC(C)OC(C)C2)cc1. The van der Waals surface area contributed by atoms with E-state index >= 15 is 0 Å². The topological polar surface area (TPSA) is 70.7 Å². The van der Waals surface area contributed by atoms with E-state index in [1.807, 2.05) is 38.1 Å². The van der Waals surface area contributed by atoms with Crippen LogP contribution in [-0.4, -0.2) is 54.7 Å². The Morgan fingerprint density at radius 3 is 2.37 bits per heavy atom. The van der Waals surface area contributed by atoms with E-state index in [0.717, 1.165) is 24.5 Å². The molecule has 1 aliphatic rings. The van der Waals surface area contributed by atoms with Crippen molar-refractivity contribution in [3.05, 3.63) is 24.3 Å². The van der Waals surface area contributed by atoms with Crippen LogP contribution in [0.25, 0.3) is 0 Å². The van der Waals surface area contributed by atoms with Crippen LogP contribution in [0.3, 0.4) is 0 Å². The van der Waals surface area contributed by atoms with Gasteiger partial charge < -0.3 is 20.3 Å². The van der Waals surface area contributed by atoms with Crippen molar-refractivity contribution in [2.24, 2.45) is 0 Å². The van der Waals surface area contributed by atoms with Crippen LogP contribution in [0.15, 0.2) is 24.3 Å². The monoisotopic (exact) mass is 393 g/mol. The lowest BCUT2D eigenvalue weighted by Crippen LogP contribution is -2.45. The van der Waals surface area contributed by atoms with Gasteiger partial charge in [-0.05, 0) is 52.0 Å². The fourth-order valence-electron chi connectivity index (χ4n) is 3.07. The van der Waals surface area contributed by atoms with Crippen molar-refractivity contribution >= 4 is 35.0 Å². The number of ether oxygens (including phenoxy) is 1. The minimum atomic E-state index is -0.0503. The third-order valence-electron chi connectivity index (χ3n) is 4.09. The summed E-state index contributed by atoms with van der Waals surface area (Å²) in [5.41, 5.74) is 1.93. The van der Waals surface area contributed by atoms with Gasteiger partial charge in [0, 0.05) is 42.7 Å². The van der Waals surface area contributed by atoms with E-state index in [1.54, 1.807) is 0 Å². The lowest BCUT2D eigenvalue weighted by molar-refractivity contribution is -0.121. The predicted octanol–water partition coefficient (Wildman–Crippen LogP) is 2.89. The molecule has 1 fully saturated rings. The van der Waals surface area contributed by atoms with Crippen molar-refractivity contribution in [1.29, 1.82) is 0 Å². The minimum absolute atomic E-state index is 0.0280. The second-order valence-corrected chi connectivity index (χ2v) is 8.39. The number of amides is 2. The first-order valence-electron chi connectivity index (χ1n) is 9.51. The summed E-state index contributed by atoms with van der Waals surface area (Å²) in [6.07, 6.45) is 0.863. The Balaban J connectivity index is 1.72. The number of carbonyl (C=O) groups is 2. The summed E-state index contributed by atoms with van der Waals surface area (Å²) in [6, 6.07) is 8.07. The fourth-order valence-corrected chi connectivity index (χ4v) is 3.80. The highest BCUT2D eigenvalue weighted by molar-refractivity contribution is 7.99. The third kappa shape index (κ3) is 7.81. The molecule has 7 heteroatoms. The minimum Gasteiger partial charge on any atom is -0.372 e. The van der Waals surface area contributed by atoms with E-state index in [4.69, 9.17) is 4.74 Å².